The van der Waals surface area contributed by atoms with Gasteiger partial charge in [-0.25, -0.2) is 0 Å². The predicted molar refractivity (Wildman–Crippen MR) is 133 cm³/mol. The van der Waals surface area contributed by atoms with E-state index in [0.717, 1.165) is 0 Å². The quantitative estimate of drug-likeness (QED) is 0.511. The summed E-state index contributed by atoms with van der Waals surface area (Å²) in [6.45, 7) is 24.9. The lowest BCUT2D eigenvalue weighted by Gasteiger charge is -2.18. The molecule has 0 aliphatic heterocycles. The highest BCUT2D eigenvalue weighted by Crippen LogP contribution is 2.33. The first-order valence-electron chi connectivity index (χ1n) is 11.7. The molecule has 0 unspecified atom stereocenters. The van der Waals surface area contributed by atoms with Crippen molar-refractivity contribution in [3.63, 3.8) is 0 Å². The molecule has 3 heteroatoms. The van der Waals surface area contributed by atoms with Gasteiger partial charge in [-0.15, -0.1) is 0 Å². The van der Waals surface area contributed by atoms with Gasteiger partial charge in [0.25, 0.3) is 22.8 Å². The molecule has 0 aromatic carbocycles. The molecule has 0 saturated carbocycles. The molecule has 0 saturated heterocycles. The van der Waals surface area contributed by atoms with Gasteiger partial charge in [0.2, 0.25) is 0 Å². The Hall–Kier alpha value is -2.55. The number of hydrogen-bond donors (Lipinski definition) is 0. The summed E-state index contributed by atoms with van der Waals surface area (Å²) in [5.41, 5.74) is 20.2. The van der Waals surface area contributed by atoms with E-state index in [4.69, 9.17) is 0 Å². The molecule has 170 valence electrons. The summed E-state index contributed by atoms with van der Waals surface area (Å²) < 4.78 is 7.22. The number of hydrogen-bond acceptors (Lipinski definition) is 0. The first kappa shape index (κ1) is 24.1. The molecule has 3 heterocycles. The van der Waals surface area contributed by atoms with Gasteiger partial charge in [-0.1, -0.05) is 0 Å². The normalized spacial score (nSPS) is 11.4. The van der Waals surface area contributed by atoms with Crippen LogP contribution in [0.3, 0.4) is 0 Å². The van der Waals surface area contributed by atoms with Gasteiger partial charge in [-0.3, -0.25) is 0 Å². The Balaban J connectivity index is 2.59. The Morgan fingerprint density at radius 2 is 0.500 bits per heavy atom. The van der Waals surface area contributed by atoms with Gasteiger partial charge in [0.15, 0.2) is 11.4 Å². The zero-order valence-corrected chi connectivity index (χ0v) is 22.8. The van der Waals surface area contributed by atoms with Crippen LogP contribution in [0.4, 0.5) is 0 Å². The third-order valence-electron chi connectivity index (χ3n) is 8.68. The highest BCUT2D eigenvalue weighted by Gasteiger charge is 2.37. The monoisotopic (exact) mass is 432 g/mol. The van der Waals surface area contributed by atoms with Crippen LogP contribution in [-0.2, 0) is 21.1 Å². The fraction of sp³-hybridized carbons (Fsp3) is 0.483. The standard InChI is InChI=1S/C29H42N3/c1-15-18(4)24(10)30(12)26(20(15)6)28-22(8)17(3)23(9)29(32(28)14)27-21(7)16(2)19(5)25(11)31(27)13/h1-14H3/q+3. The van der Waals surface area contributed by atoms with Crippen LogP contribution in [0.15, 0.2) is 0 Å². The third-order valence-corrected chi connectivity index (χ3v) is 8.68. The molecule has 3 aromatic heterocycles. The lowest BCUT2D eigenvalue weighted by Crippen LogP contribution is -2.47. The van der Waals surface area contributed by atoms with E-state index in [2.05, 4.69) is 111 Å². The van der Waals surface area contributed by atoms with Crippen LogP contribution in [0, 0.1) is 76.2 Å². The minimum absolute atomic E-state index is 1.31. The fourth-order valence-electron chi connectivity index (χ4n) is 5.40. The first-order chi connectivity index (χ1) is 14.7. The minimum Gasteiger partial charge on any atom is -0.193 e. The maximum absolute atomic E-state index is 2.45. The Labute approximate surface area is 195 Å². The Morgan fingerprint density at radius 3 is 0.781 bits per heavy atom. The van der Waals surface area contributed by atoms with E-state index in [0.29, 0.717) is 0 Å². The summed E-state index contributed by atoms with van der Waals surface area (Å²) in [6.07, 6.45) is 0. The summed E-state index contributed by atoms with van der Waals surface area (Å²) >= 11 is 0. The average Bonchev–Trinajstić information content (AvgIpc) is 2.76. The maximum atomic E-state index is 2.45. The fourth-order valence-corrected chi connectivity index (χ4v) is 5.40. The molecule has 0 spiro atoms. The predicted octanol–water partition coefficient (Wildman–Crippen LogP) is 4.89. The van der Waals surface area contributed by atoms with Crippen molar-refractivity contribution in [2.75, 3.05) is 0 Å². The largest absolute Gasteiger partial charge is 0.281 e. The average molecular weight is 433 g/mol. The summed E-state index contributed by atoms with van der Waals surface area (Å²) in [6, 6.07) is 0. The van der Waals surface area contributed by atoms with E-state index >= 15 is 0 Å². The molecule has 0 aliphatic rings. The van der Waals surface area contributed by atoms with Crippen molar-refractivity contribution in [1.29, 1.82) is 0 Å². The van der Waals surface area contributed by atoms with Crippen molar-refractivity contribution >= 4 is 0 Å². The zero-order valence-electron chi connectivity index (χ0n) is 22.8. The topological polar surface area (TPSA) is 11.6 Å². The van der Waals surface area contributed by atoms with Crippen LogP contribution < -0.4 is 13.7 Å². The molecular formula is C29H42N3+3. The van der Waals surface area contributed by atoms with Crippen molar-refractivity contribution in [1.82, 2.24) is 0 Å². The molecular weight excluding hydrogens is 390 g/mol. The number of nitrogens with zero attached hydrogens (tertiary/aromatic N) is 3. The van der Waals surface area contributed by atoms with Crippen molar-refractivity contribution in [3.05, 3.63) is 61.5 Å². The van der Waals surface area contributed by atoms with E-state index in [9.17, 15) is 0 Å². The van der Waals surface area contributed by atoms with Gasteiger partial charge >= 0.3 is 0 Å². The smallest absolute Gasteiger partial charge is 0.193 e. The van der Waals surface area contributed by atoms with E-state index in [1.165, 1.54) is 84.2 Å². The summed E-state index contributed by atoms with van der Waals surface area (Å²) in [4.78, 5) is 0. The van der Waals surface area contributed by atoms with Gasteiger partial charge in [-0.05, 0) is 79.0 Å². The van der Waals surface area contributed by atoms with Gasteiger partial charge in [0, 0.05) is 47.2 Å². The SMILES string of the molecule is Cc1c(C)c(C)[n+](C)c(-c2c(C)c(C)c(C)c(-c3c(C)c(C)c(C)c(C)[n+]3C)[n+]2C)c1C. The summed E-state index contributed by atoms with van der Waals surface area (Å²) in [5.74, 6) is 0. The van der Waals surface area contributed by atoms with Crippen LogP contribution in [0.25, 0.3) is 22.8 Å². The maximum Gasteiger partial charge on any atom is 0.281 e. The van der Waals surface area contributed by atoms with Crippen molar-refractivity contribution in [2.45, 2.75) is 76.2 Å². The van der Waals surface area contributed by atoms with Crippen molar-refractivity contribution in [2.24, 2.45) is 21.1 Å². The molecule has 0 aliphatic carbocycles. The first-order valence-corrected chi connectivity index (χ1v) is 11.7. The second-order valence-corrected chi connectivity index (χ2v) is 9.87. The van der Waals surface area contributed by atoms with Crippen LogP contribution in [-0.4, -0.2) is 0 Å². The Morgan fingerprint density at radius 1 is 0.281 bits per heavy atom. The molecule has 0 bridgehead atoms. The second kappa shape index (κ2) is 8.10. The third kappa shape index (κ3) is 3.20. The van der Waals surface area contributed by atoms with E-state index in [1.807, 2.05) is 0 Å². The van der Waals surface area contributed by atoms with Crippen molar-refractivity contribution < 1.29 is 13.7 Å². The van der Waals surface area contributed by atoms with Gasteiger partial charge < -0.3 is 0 Å². The lowest BCUT2D eigenvalue weighted by atomic mass is 9.91. The Kier molecular flexibility index (Phi) is 6.10. The van der Waals surface area contributed by atoms with E-state index in [1.54, 1.807) is 0 Å². The summed E-state index contributed by atoms with van der Waals surface area (Å²) in [5, 5.41) is 0. The van der Waals surface area contributed by atoms with Crippen LogP contribution in [0.1, 0.15) is 61.5 Å². The number of rotatable bonds is 2. The van der Waals surface area contributed by atoms with Crippen LogP contribution in [0.5, 0.6) is 0 Å². The summed E-state index contributed by atoms with van der Waals surface area (Å²) in [7, 11) is 6.67. The number of pyridine rings is 3. The molecule has 3 nitrogen and oxygen atoms in total. The van der Waals surface area contributed by atoms with Crippen LogP contribution in [0.2, 0.25) is 0 Å². The van der Waals surface area contributed by atoms with Crippen molar-refractivity contribution in [3.8, 4) is 22.8 Å². The molecule has 32 heavy (non-hydrogen) atoms. The van der Waals surface area contributed by atoms with E-state index in [-0.39, 0.29) is 0 Å². The second-order valence-electron chi connectivity index (χ2n) is 9.87. The van der Waals surface area contributed by atoms with Gasteiger partial charge in [-0.2, -0.15) is 13.7 Å². The molecule has 0 radical (unpaired) electrons. The van der Waals surface area contributed by atoms with Gasteiger partial charge in [0.1, 0.15) is 21.1 Å². The number of aromatic nitrogens is 3. The molecule has 0 atom stereocenters. The van der Waals surface area contributed by atoms with E-state index < -0.39 is 0 Å². The minimum atomic E-state index is 1.31. The highest BCUT2D eigenvalue weighted by atomic mass is 15.1. The molecule has 0 fully saturated rings. The lowest BCUT2D eigenvalue weighted by molar-refractivity contribution is -0.701. The Bertz CT molecular complexity index is 1140. The highest BCUT2D eigenvalue weighted by molar-refractivity contribution is 5.67. The molecule has 3 aromatic rings. The molecule has 3 rings (SSSR count). The van der Waals surface area contributed by atoms with Gasteiger partial charge in [0.05, 0.1) is 0 Å². The molecule has 0 amide bonds. The van der Waals surface area contributed by atoms with Crippen LogP contribution >= 0.6 is 0 Å². The molecule has 0 N–H and O–H groups in total. The zero-order chi connectivity index (χ0) is 24.4.